The van der Waals surface area contributed by atoms with Crippen molar-refractivity contribution in [1.29, 1.82) is 0 Å². The topological polar surface area (TPSA) is 61.4 Å². The molecule has 0 bridgehead atoms. The summed E-state index contributed by atoms with van der Waals surface area (Å²) in [6.07, 6.45) is 2.09. The monoisotopic (exact) mass is 295 g/mol. The molecule has 112 valence electrons. The average Bonchev–Trinajstić information content (AvgIpc) is 2.35. The lowest BCUT2D eigenvalue weighted by molar-refractivity contribution is -0.138. The third-order valence-electron chi connectivity index (χ3n) is 2.98. The molecule has 0 saturated carbocycles. The van der Waals surface area contributed by atoms with Gasteiger partial charge in [0.2, 0.25) is 11.8 Å². The predicted octanol–water partition coefficient (Wildman–Crippen LogP) is 0.485. The SMILES string of the molecule is CCCCNC(=O)CC1NCCN(CCF)C1=O.Cl. The summed E-state index contributed by atoms with van der Waals surface area (Å²) in [4.78, 5) is 25.0. The molecule has 0 radical (unpaired) electrons. The number of piperazine rings is 1. The Labute approximate surface area is 119 Å². The Morgan fingerprint density at radius 3 is 2.95 bits per heavy atom. The number of hydrogen-bond acceptors (Lipinski definition) is 3. The highest BCUT2D eigenvalue weighted by Crippen LogP contribution is 2.05. The molecule has 5 nitrogen and oxygen atoms in total. The standard InChI is InChI=1S/C12H22FN3O2.ClH/c1-2-3-5-15-11(17)9-10-12(18)16(7-4-13)8-6-14-10;/h10,14H,2-9H2,1H3,(H,15,17);1H. The Morgan fingerprint density at radius 1 is 1.58 bits per heavy atom. The van der Waals surface area contributed by atoms with Gasteiger partial charge in [-0.25, -0.2) is 4.39 Å². The van der Waals surface area contributed by atoms with E-state index in [1.54, 1.807) is 0 Å². The van der Waals surface area contributed by atoms with Crippen molar-refractivity contribution in [3.63, 3.8) is 0 Å². The number of halogens is 2. The Hall–Kier alpha value is -0.880. The van der Waals surface area contributed by atoms with Gasteiger partial charge in [0.05, 0.1) is 12.5 Å². The fraction of sp³-hybridized carbons (Fsp3) is 0.833. The molecule has 1 aliphatic heterocycles. The second-order valence-electron chi connectivity index (χ2n) is 4.43. The summed E-state index contributed by atoms with van der Waals surface area (Å²) in [5.74, 6) is -0.305. The molecule has 0 aromatic heterocycles. The Bertz CT molecular complexity index is 290. The molecule has 0 aromatic carbocycles. The Balaban J connectivity index is 0.00000324. The van der Waals surface area contributed by atoms with Crippen LogP contribution in [0, 0.1) is 0 Å². The van der Waals surface area contributed by atoms with Crippen molar-refractivity contribution < 1.29 is 14.0 Å². The zero-order valence-corrected chi connectivity index (χ0v) is 12.1. The first-order chi connectivity index (χ1) is 8.69. The van der Waals surface area contributed by atoms with Gasteiger partial charge in [-0.2, -0.15) is 0 Å². The quantitative estimate of drug-likeness (QED) is 0.672. The van der Waals surface area contributed by atoms with Crippen LogP contribution in [-0.4, -0.2) is 55.6 Å². The highest BCUT2D eigenvalue weighted by Gasteiger charge is 2.29. The Morgan fingerprint density at radius 2 is 2.32 bits per heavy atom. The largest absolute Gasteiger partial charge is 0.356 e. The van der Waals surface area contributed by atoms with E-state index in [1.807, 2.05) is 6.92 Å². The van der Waals surface area contributed by atoms with E-state index in [-0.39, 0.29) is 37.2 Å². The van der Waals surface area contributed by atoms with Gasteiger partial charge in [0, 0.05) is 26.2 Å². The molecule has 2 amide bonds. The van der Waals surface area contributed by atoms with Gasteiger partial charge in [-0.1, -0.05) is 13.3 Å². The van der Waals surface area contributed by atoms with Gasteiger partial charge < -0.3 is 15.5 Å². The van der Waals surface area contributed by atoms with Crippen molar-refractivity contribution in [3.05, 3.63) is 0 Å². The maximum Gasteiger partial charge on any atom is 0.240 e. The van der Waals surface area contributed by atoms with Crippen LogP contribution >= 0.6 is 12.4 Å². The van der Waals surface area contributed by atoms with Crippen LogP contribution in [-0.2, 0) is 9.59 Å². The van der Waals surface area contributed by atoms with Gasteiger partial charge in [-0.05, 0) is 6.42 Å². The molecule has 1 unspecified atom stereocenters. The second-order valence-corrected chi connectivity index (χ2v) is 4.43. The first-order valence-corrected chi connectivity index (χ1v) is 6.53. The summed E-state index contributed by atoms with van der Waals surface area (Å²) < 4.78 is 12.3. The molecular weight excluding hydrogens is 273 g/mol. The Kier molecular flexibility index (Phi) is 9.51. The van der Waals surface area contributed by atoms with Crippen LogP contribution in [0.2, 0.25) is 0 Å². The van der Waals surface area contributed by atoms with Crippen LogP contribution in [0.4, 0.5) is 4.39 Å². The third kappa shape index (κ3) is 6.20. The summed E-state index contributed by atoms with van der Waals surface area (Å²) in [6, 6.07) is -0.507. The molecule has 0 aromatic rings. The van der Waals surface area contributed by atoms with E-state index < -0.39 is 12.7 Å². The van der Waals surface area contributed by atoms with Crippen LogP contribution in [0.15, 0.2) is 0 Å². The fourth-order valence-corrected chi connectivity index (χ4v) is 1.94. The molecule has 1 heterocycles. The molecule has 2 N–H and O–H groups in total. The molecule has 1 aliphatic rings. The first-order valence-electron chi connectivity index (χ1n) is 6.53. The highest BCUT2D eigenvalue weighted by molar-refractivity contribution is 5.88. The molecule has 1 atom stereocenters. The number of amides is 2. The van der Waals surface area contributed by atoms with Gasteiger partial charge in [-0.15, -0.1) is 12.4 Å². The zero-order valence-electron chi connectivity index (χ0n) is 11.3. The van der Waals surface area contributed by atoms with Crippen molar-refractivity contribution in [2.24, 2.45) is 0 Å². The summed E-state index contributed by atoms with van der Waals surface area (Å²) >= 11 is 0. The molecular formula is C12H23ClFN3O2. The molecule has 1 saturated heterocycles. The number of carbonyl (C=O) groups is 2. The smallest absolute Gasteiger partial charge is 0.240 e. The van der Waals surface area contributed by atoms with E-state index in [0.717, 1.165) is 12.8 Å². The molecule has 0 aliphatic carbocycles. The van der Waals surface area contributed by atoms with E-state index >= 15 is 0 Å². The van der Waals surface area contributed by atoms with Crippen molar-refractivity contribution in [2.45, 2.75) is 32.2 Å². The predicted molar refractivity (Wildman–Crippen MR) is 74.1 cm³/mol. The maximum atomic E-state index is 12.3. The van der Waals surface area contributed by atoms with Crippen molar-refractivity contribution >= 4 is 24.2 Å². The van der Waals surface area contributed by atoms with E-state index in [9.17, 15) is 14.0 Å². The molecule has 1 fully saturated rings. The van der Waals surface area contributed by atoms with E-state index in [2.05, 4.69) is 10.6 Å². The van der Waals surface area contributed by atoms with Crippen molar-refractivity contribution in [2.75, 3.05) is 32.9 Å². The molecule has 1 rings (SSSR count). The van der Waals surface area contributed by atoms with Crippen LogP contribution in [0.5, 0.6) is 0 Å². The van der Waals surface area contributed by atoms with Crippen molar-refractivity contribution in [1.82, 2.24) is 15.5 Å². The van der Waals surface area contributed by atoms with Gasteiger partial charge in [0.1, 0.15) is 6.67 Å². The lowest BCUT2D eigenvalue weighted by Crippen LogP contribution is -2.56. The zero-order chi connectivity index (χ0) is 13.4. The number of rotatable bonds is 7. The lowest BCUT2D eigenvalue weighted by atomic mass is 10.1. The van der Waals surface area contributed by atoms with Crippen LogP contribution in [0.1, 0.15) is 26.2 Å². The lowest BCUT2D eigenvalue weighted by Gasteiger charge is -2.32. The minimum atomic E-state index is -0.541. The summed E-state index contributed by atoms with van der Waals surface area (Å²) in [5.41, 5.74) is 0. The summed E-state index contributed by atoms with van der Waals surface area (Å²) in [5, 5.41) is 5.78. The van der Waals surface area contributed by atoms with Crippen LogP contribution < -0.4 is 10.6 Å². The summed E-state index contributed by atoms with van der Waals surface area (Å²) in [7, 11) is 0. The number of nitrogens with zero attached hydrogens (tertiary/aromatic N) is 1. The van der Waals surface area contributed by atoms with Crippen molar-refractivity contribution in [3.8, 4) is 0 Å². The van der Waals surface area contributed by atoms with E-state index in [0.29, 0.717) is 19.6 Å². The number of carbonyl (C=O) groups excluding carboxylic acids is 2. The number of nitrogens with one attached hydrogen (secondary N) is 2. The van der Waals surface area contributed by atoms with Gasteiger partial charge in [0.15, 0.2) is 0 Å². The number of alkyl halides is 1. The minimum absolute atomic E-state index is 0. The van der Waals surface area contributed by atoms with Gasteiger partial charge >= 0.3 is 0 Å². The second kappa shape index (κ2) is 9.97. The minimum Gasteiger partial charge on any atom is -0.356 e. The molecule has 0 spiro atoms. The van der Waals surface area contributed by atoms with Crippen LogP contribution in [0.25, 0.3) is 0 Å². The molecule has 7 heteroatoms. The number of unbranched alkanes of at least 4 members (excludes halogenated alkanes) is 1. The van der Waals surface area contributed by atoms with E-state index in [1.165, 1.54) is 4.90 Å². The fourth-order valence-electron chi connectivity index (χ4n) is 1.94. The number of hydrogen-bond donors (Lipinski definition) is 2. The normalized spacial score (nSPS) is 18.9. The maximum absolute atomic E-state index is 12.3. The van der Waals surface area contributed by atoms with Gasteiger partial charge in [-0.3, -0.25) is 9.59 Å². The van der Waals surface area contributed by atoms with E-state index in [4.69, 9.17) is 0 Å². The third-order valence-corrected chi connectivity index (χ3v) is 2.98. The van der Waals surface area contributed by atoms with Gasteiger partial charge in [0.25, 0.3) is 0 Å². The summed E-state index contributed by atoms with van der Waals surface area (Å²) in [6.45, 7) is 3.39. The average molecular weight is 296 g/mol. The highest BCUT2D eigenvalue weighted by atomic mass is 35.5. The molecule has 19 heavy (non-hydrogen) atoms. The first kappa shape index (κ1) is 18.1. The van der Waals surface area contributed by atoms with Crippen LogP contribution in [0.3, 0.4) is 0 Å².